The van der Waals surface area contributed by atoms with E-state index in [0.717, 1.165) is 18.3 Å². The van der Waals surface area contributed by atoms with E-state index in [-0.39, 0.29) is 24.2 Å². The molecular weight excluding hydrogens is 491 g/mol. The zero-order valence-electron chi connectivity index (χ0n) is 20.3. The number of hydrogen-bond acceptors (Lipinski definition) is 4. The fourth-order valence-corrected chi connectivity index (χ4v) is 4.74. The van der Waals surface area contributed by atoms with Crippen molar-refractivity contribution in [3.05, 3.63) is 70.9 Å². The van der Waals surface area contributed by atoms with E-state index in [9.17, 15) is 22.7 Å². The second kappa shape index (κ2) is 11.4. The molecule has 0 amide bonds. The van der Waals surface area contributed by atoms with E-state index in [2.05, 4.69) is 16.8 Å². The van der Waals surface area contributed by atoms with Gasteiger partial charge in [-0.05, 0) is 74.5 Å². The minimum Gasteiger partial charge on any atom is -0.497 e. The Morgan fingerprint density at radius 3 is 2.43 bits per heavy atom. The molecule has 37 heavy (non-hydrogen) atoms. The topological polar surface area (TPSA) is 45.6 Å². The molecule has 1 fully saturated rings. The lowest BCUT2D eigenvalue weighted by molar-refractivity contribution is 0.0343. The number of alkyl halides is 1. The van der Waals surface area contributed by atoms with Gasteiger partial charge < -0.3 is 9.84 Å². The number of ether oxygens (including phenoxy) is 1. The van der Waals surface area contributed by atoms with Crippen LogP contribution in [-0.4, -0.2) is 48.3 Å². The molecule has 4 nitrogen and oxygen atoms in total. The monoisotopic (exact) mass is 518 g/mol. The van der Waals surface area contributed by atoms with Crippen molar-refractivity contribution in [3.63, 3.8) is 0 Å². The van der Waals surface area contributed by atoms with Crippen molar-refractivity contribution in [1.29, 1.82) is 0 Å². The highest BCUT2D eigenvalue weighted by Crippen LogP contribution is 2.40. The van der Waals surface area contributed by atoms with Gasteiger partial charge in [0.15, 0.2) is 17.5 Å². The van der Waals surface area contributed by atoms with E-state index in [0.29, 0.717) is 55.5 Å². The summed E-state index contributed by atoms with van der Waals surface area (Å²) < 4.78 is 75.0. The van der Waals surface area contributed by atoms with E-state index in [1.54, 1.807) is 18.2 Å². The van der Waals surface area contributed by atoms with Crippen LogP contribution in [0.15, 0.2) is 36.5 Å². The molecule has 0 unspecified atom stereocenters. The van der Waals surface area contributed by atoms with Crippen LogP contribution < -0.4 is 4.74 Å². The largest absolute Gasteiger partial charge is 0.497 e. The van der Waals surface area contributed by atoms with Gasteiger partial charge in [0.1, 0.15) is 17.7 Å². The molecule has 2 heterocycles. The molecule has 1 N–H and O–H groups in total. The van der Waals surface area contributed by atoms with Gasteiger partial charge in [-0.25, -0.2) is 22.0 Å². The molecule has 0 aliphatic carbocycles. The Morgan fingerprint density at radius 1 is 1.08 bits per heavy atom. The van der Waals surface area contributed by atoms with Crippen LogP contribution in [0.2, 0.25) is 0 Å². The van der Waals surface area contributed by atoms with Crippen molar-refractivity contribution in [3.8, 4) is 17.6 Å². The molecule has 1 aliphatic rings. The lowest BCUT2D eigenvalue weighted by Gasteiger charge is -2.40. The summed E-state index contributed by atoms with van der Waals surface area (Å²) in [5, 5.41) is 10.5. The van der Waals surface area contributed by atoms with Crippen LogP contribution in [0.25, 0.3) is 10.9 Å². The van der Waals surface area contributed by atoms with Crippen LogP contribution in [0.5, 0.6) is 5.75 Å². The third kappa shape index (κ3) is 6.03. The normalized spacial score (nSPS) is 16.3. The summed E-state index contributed by atoms with van der Waals surface area (Å²) in [7, 11) is 1.48. The average molecular weight is 519 g/mol. The number of hydrogen-bond donors (Lipinski definition) is 1. The molecule has 1 aliphatic heterocycles. The standard InChI is InChI=1S/C28H27F5N2O2/c1-37-19-4-5-25-20(15-19)26(24(32)16-34-25)21(29)6-7-28(17-36)8-11-35(12-9-28)10-2-3-18-13-22(30)27(33)23(31)14-18/h4-5,13-16,21,36H,6-12,17H2,1H3/t21-/m0/s1. The predicted molar refractivity (Wildman–Crippen MR) is 130 cm³/mol. The summed E-state index contributed by atoms with van der Waals surface area (Å²) in [6, 6.07) is 6.59. The first-order valence-electron chi connectivity index (χ1n) is 12.0. The number of aromatic nitrogens is 1. The van der Waals surface area contributed by atoms with E-state index in [1.165, 1.54) is 7.11 Å². The van der Waals surface area contributed by atoms with Crippen molar-refractivity contribution >= 4 is 10.9 Å². The highest BCUT2D eigenvalue weighted by molar-refractivity contribution is 5.84. The average Bonchev–Trinajstić information content (AvgIpc) is 2.90. The van der Waals surface area contributed by atoms with Crippen LogP contribution in [0.1, 0.15) is 43.0 Å². The SMILES string of the molecule is COc1ccc2ncc(F)c([C@@H](F)CCC3(CO)CCN(CC#Cc4cc(F)c(F)c(F)c4)CC3)c2c1. The van der Waals surface area contributed by atoms with Gasteiger partial charge in [0.25, 0.3) is 0 Å². The van der Waals surface area contributed by atoms with Crippen molar-refractivity contribution in [2.45, 2.75) is 31.9 Å². The van der Waals surface area contributed by atoms with Gasteiger partial charge in [-0.15, -0.1) is 0 Å². The third-order valence-corrected chi connectivity index (χ3v) is 7.08. The van der Waals surface area contributed by atoms with Crippen LogP contribution >= 0.6 is 0 Å². The van der Waals surface area contributed by atoms with Crippen LogP contribution in [-0.2, 0) is 0 Å². The first-order chi connectivity index (χ1) is 17.7. The molecule has 1 aromatic heterocycles. The van der Waals surface area contributed by atoms with Crippen LogP contribution in [0.4, 0.5) is 22.0 Å². The Hall–Kier alpha value is -3.22. The Kier molecular flexibility index (Phi) is 8.30. The number of rotatable bonds is 7. The molecule has 2 aromatic carbocycles. The zero-order valence-corrected chi connectivity index (χ0v) is 20.3. The number of aliphatic hydroxyl groups is 1. The fraction of sp³-hybridized carbons (Fsp3) is 0.393. The molecule has 0 saturated carbocycles. The summed E-state index contributed by atoms with van der Waals surface area (Å²) in [5.41, 5.74) is -0.0506. The molecule has 196 valence electrons. The maximum absolute atomic E-state index is 15.4. The summed E-state index contributed by atoms with van der Waals surface area (Å²) in [6.45, 7) is 1.37. The zero-order chi connectivity index (χ0) is 26.6. The Bertz CT molecular complexity index is 1310. The number of halogens is 5. The fourth-order valence-electron chi connectivity index (χ4n) is 4.74. The van der Waals surface area contributed by atoms with Gasteiger partial charge in [0, 0.05) is 23.1 Å². The molecule has 1 atom stereocenters. The maximum atomic E-state index is 15.4. The quantitative estimate of drug-likeness (QED) is 0.247. The number of fused-ring (bicyclic) bond motifs is 1. The summed E-state index contributed by atoms with van der Waals surface area (Å²) in [5.74, 6) is 1.11. The lowest BCUT2D eigenvalue weighted by atomic mass is 9.74. The number of pyridine rings is 1. The Balaban J connectivity index is 1.37. The molecule has 9 heteroatoms. The molecule has 1 saturated heterocycles. The van der Waals surface area contributed by atoms with Crippen LogP contribution in [0.3, 0.4) is 0 Å². The highest BCUT2D eigenvalue weighted by atomic mass is 19.2. The van der Waals surface area contributed by atoms with Crippen LogP contribution in [0, 0.1) is 40.5 Å². The second-order valence-electron chi connectivity index (χ2n) is 9.40. The van der Waals surface area contributed by atoms with Gasteiger partial charge in [0.2, 0.25) is 0 Å². The van der Waals surface area contributed by atoms with Gasteiger partial charge >= 0.3 is 0 Å². The first kappa shape index (κ1) is 26.8. The maximum Gasteiger partial charge on any atom is 0.194 e. The molecular formula is C28H27F5N2O2. The Morgan fingerprint density at radius 2 is 1.78 bits per heavy atom. The number of nitrogens with zero attached hydrogens (tertiary/aromatic N) is 2. The number of benzene rings is 2. The molecule has 0 bridgehead atoms. The van der Waals surface area contributed by atoms with Crippen molar-refractivity contribution in [2.24, 2.45) is 5.41 Å². The van der Waals surface area contributed by atoms with Gasteiger partial charge in [-0.3, -0.25) is 9.88 Å². The molecule has 4 rings (SSSR count). The van der Waals surface area contributed by atoms with E-state index < -0.39 is 34.9 Å². The minimum absolute atomic E-state index is 0.0370. The van der Waals surface area contributed by atoms with Crippen molar-refractivity contribution in [2.75, 3.05) is 33.4 Å². The number of aliphatic hydroxyl groups excluding tert-OH is 1. The Labute approximate surface area is 212 Å². The summed E-state index contributed by atoms with van der Waals surface area (Å²) >= 11 is 0. The van der Waals surface area contributed by atoms with Gasteiger partial charge in [-0.2, -0.15) is 0 Å². The van der Waals surface area contributed by atoms with Gasteiger partial charge in [0.05, 0.1) is 25.4 Å². The van der Waals surface area contributed by atoms with E-state index in [1.807, 2.05) is 4.90 Å². The predicted octanol–water partition coefficient (Wildman–Crippen LogP) is 5.72. The third-order valence-electron chi connectivity index (χ3n) is 7.08. The number of likely N-dealkylation sites (tertiary alicyclic amines) is 1. The van der Waals surface area contributed by atoms with E-state index in [4.69, 9.17) is 4.74 Å². The molecule has 3 aromatic rings. The van der Waals surface area contributed by atoms with Crippen molar-refractivity contribution < 1.29 is 31.8 Å². The second-order valence-corrected chi connectivity index (χ2v) is 9.40. The number of piperidine rings is 1. The summed E-state index contributed by atoms with van der Waals surface area (Å²) in [4.78, 5) is 6.06. The highest BCUT2D eigenvalue weighted by Gasteiger charge is 2.35. The lowest BCUT2D eigenvalue weighted by Crippen LogP contribution is -2.42. The number of methoxy groups -OCH3 is 1. The minimum atomic E-state index is -1.58. The van der Waals surface area contributed by atoms with Gasteiger partial charge in [-0.1, -0.05) is 11.8 Å². The smallest absolute Gasteiger partial charge is 0.194 e. The molecule has 0 radical (unpaired) electrons. The first-order valence-corrected chi connectivity index (χ1v) is 12.0. The summed E-state index contributed by atoms with van der Waals surface area (Å²) in [6.07, 6.45) is 1.02. The van der Waals surface area contributed by atoms with E-state index >= 15 is 4.39 Å². The molecule has 0 spiro atoms. The van der Waals surface area contributed by atoms with Crippen molar-refractivity contribution in [1.82, 2.24) is 9.88 Å².